The molecule has 1 aliphatic heterocycles. The standard InChI is InChI=1S/C19H23FN4O4.C2HF3O2/c1-11-8-12(4-5-13(11)20)9-21-18(26)15-16(25)19(27)24(3)17(22-15)14-10-28-7-6-23(14)2;3-2(4,5)1(6)7/h4-5,8,14,25H,6-7,9-10H2,1-3H3,(H,21,26);(H,6,7). The minimum Gasteiger partial charge on any atom is -0.501 e. The van der Waals surface area contributed by atoms with Crippen molar-refractivity contribution in [1.82, 2.24) is 19.8 Å². The van der Waals surface area contributed by atoms with E-state index in [1.165, 1.54) is 17.7 Å². The summed E-state index contributed by atoms with van der Waals surface area (Å²) in [5.41, 5.74) is 0.114. The number of aryl methyl sites for hydroxylation is 1. The van der Waals surface area contributed by atoms with E-state index in [9.17, 15) is 32.3 Å². The molecular formula is C21H24F4N4O6. The molecule has 3 N–H and O–H groups in total. The van der Waals surface area contributed by atoms with E-state index in [0.29, 0.717) is 36.7 Å². The van der Waals surface area contributed by atoms with Crippen LogP contribution in [0.5, 0.6) is 5.75 Å². The molecule has 0 aliphatic carbocycles. The molecule has 0 bridgehead atoms. The first-order chi connectivity index (χ1) is 16.2. The number of likely N-dealkylation sites (N-methyl/N-ethyl adjacent to an activating group) is 1. The van der Waals surface area contributed by atoms with Gasteiger partial charge in [0.05, 0.1) is 19.3 Å². The Balaban J connectivity index is 0.000000540. The number of carboxylic acid groups (broad SMARTS) is 1. The van der Waals surface area contributed by atoms with E-state index >= 15 is 0 Å². The molecule has 1 amide bonds. The summed E-state index contributed by atoms with van der Waals surface area (Å²) in [6.45, 7) is 3.30. The largest absolute Gasteiger partial charge is 0.501 e. The molecule has 0 radical (unpaired) electrons. The lowest BCUT2D eigenvalue weighted by atomic mass is 10.1. The average Bonchev–Trinajstić information content (AvgIpc) is 2.79. The molecule has 14 heteroatoms. The number of hydrogen-bond acceptors (Lipinski definition) is 7. The first-order valence-corrected chi connectivity index (χ1v) is 10.1. The molecule has 1 atom stereocenters. The Morgan fingerprint density at radius 2 is 1.91 bits per heavy atom. The van der Waals surface area contributed by atoms with Crippen molar-refractivity contribution in [2.24, 2.45) is 7.05 Å². The maximum absolute atomic E-state index is 13.4. The number of alkyl halides is 3. The molecule has 1 fully saturated rings. The van der Waals surface area contributed by atoms with Crippen LogP contribution < -0.4 is 10.9 Å². The molecule has 2 aromatic rings. The highest BCUT2D eigenvalue weighted by Gasteiger charge is 2.38. The number of amides is 1. The first kappa shape index (κ1) is 27.7. The number of carbonyl (C=O) groups is 2. The topological polar surface area (TPSA) is 134 Å². The molecular weight excluding hydrogens is 480 g/mol. The number of aromatic nitrogens is 2. The van der Waals surface area contributed by atoms with Crippen LogP contribution in [0.25, 0.3) is 0 Å². The van der Waals surface area contributed by atoms with Crippen molar-refractivity contribution in [2.75, 3.05) is 26.8 Å². The molecule has 1 aromatic carbocycles. The molecule has 192 valence electrons. The number of aliphatic carboxylic acids is 1. The highest BCUT2D eigenvalue weighted by Crippen LogP contribution is 2.22. The van der Waals surface area contributed by atoms with Crippen molar-refractivity contribution in [3.8, 4) is 5.75 Å². The Kier molecular flexibility index (Phi) is 8.93. The number of halogens is 4. The third-order valence-electron chi connectivity index (χ3n) is 5.13. The van der Waals surface area contributed by atoms with E-state index in [2.05, 4.69) is 10.3 Å². The highest BCUT2D eigenvalue weighted by molar-refractivity contribution is 5.94. The quantitative estimate of drug-likeness (QED) is 0.534. The number of morpholine rings is 1. The van der Waals surface area contributed by atoms with Crippen LogP contribution in [0.1, 0.15) is 33.5 Å². The Bertz CT molecular complexity index is 1150. The van der Waals surface area contributed by atoms with Crippen LogP contribution in [-0.2, 0) is 23.1 Å². The second-order valence-corrected chi connectivity index (χ2v) is 7.67. The summed E-state index contributed by atoms with van der Waals surface area (Å²) in [4.78, 5) is 40.1. The van der Waals surface area contributed by atoms with Crippen molar-refractivity contribution in [1.29, 1.82) is 0 Å². The average molecular weight is 504 g/mol. The molecule has 0 spiro atoms. The van der Waals surface area contributed by atoms with Crippen LogP contribution in [-0.4, -0.2) is 69.5 Å². The lowest BCUT2D eigenvalue weighted by Gasteiger charge is -2.32. The van der Waals surface area contributed by atoms with Crippen LogP contribution in [0, 0.1) is 12.7 Å². The number of nitrogens with zero attached hydrogens (tertiary/aromatic N) is 3. The van der Waals surface area contributed by atoms with E-state index < -0.39 is 29.4 Å². The second-order valence-electron chi connectivity index (χ2n) is 7.67. The zero-order valence-corrected chi connectivity index (χ0v) is 19.0. The molecule has 1 saturated heterocycles. The molecule has 1 unspecified atom stereocenters. The molecule has 2 heterocycles. The zero-order valence-electron chi connectivity index (χ0n) is 19.0. The Morgan fingerprint density at radius 1 is 1.29 bits per heavy atom. The van der Waals surface area contributed by atoms with Gasteiger partial charge in [-0.25, -0.2) is 14.2 Å². The predicted octanol–water partition coefficient (Wildman–Crippen LogP) is 1.50. The number of benzene rings is 1. The van der Waals surface area contributed by atoms with Gasteiger partial charge in [0.25, 0.3) is 11.5 Å². The fraction of sp³-hybridized carbons (Fsp3) is 0.429. The Labute approximate surface area is 196 Å². The van der Waals surface area contributed by atoms with Crippen molar-refractivity contribution >= 4 is 11.9 Å². The van der Waals surface area contributed by atoms with Crippen molar-refractivity contribution in [3.63, 3.8) is 0 Å². The summed E-state index contributed by atoms with van der Waals surface area (Å²) in [5.74, 6) is -4.14. The van der Waals surface area contributed by atoms with E-state index in [4.69, 9.17) is 14.6 Å². The number of carbonyl (C=O) groups excluding carboxylic acids is 1. The third-order valence-corrected chi connectivity index (χ3v) is 5.13. The SMILES string of the molecule is Cc1cc(CNC(=O)c2nc(C3COCCN3C)n(C)c(=O)c2O)ccc1F.O=C(O)C(F)(F)F. The molecule has 35 heavy (non-hydrogen) atoms. The van der Waals surface area contributed by atoms with E-state index in [-0.39, 0.29) is 24.1 Å². The summed E-state index contributed by atoms with van der Waals surface area (Å²) in [7, 11) is 3.37. The van der Waals surface area contributed by atoms with Crippen molar-refractivity contribution < 1.29 is 42.1 Å². The molecule has 10 nitrogen and oxygen atoms in total. The monoisotopic (exact) mass is 504 g/mol. The lowest BCUT2D eigenvalue weighted by molar-refractivity contribution is -0.192. The van der Waals surface area contributed by atoms with E-state index in [1.54, 1.807) is 19.1 Å². The van der Waals surface area contributed by atoms with Gasteiger partial charge in [-0.2, -0.15) is 13.2 Å². The van der Waals surface area contributed by atoms with Crippen LogP contribution in [0.15, 0.2) is 23.0 Å². The van der Waals surface area contributed by atoms with E-state index in [1.807, 2.05) is 11.9 Å². The number of aromatic hydroxyl groups is 1. The predicted molar refractivity (Wildman–Crippen MR) is 113 cm³/mol. The van der Waals surface area contributed by atoms with Gasteiger partial charge in [-0.1, -0.05) is 12.1 Å². The minimum absolute atomic E-state index is 0.109. The fourth-order valence-electron chi connectivity index (χ4n) is 3.10. The molecule has 3 rings (SSSR count). The maximum Gasteiger partial charge on any atom is 0.490 e. The van der Waals surface area contributed by atoms with Crippen molar-refractivity contribution in [2.45, 2.75) is 25.7 Å². The van der Waals surface area contributed by atoms with E-state index in [0.717, 1.165) is 0 Å². The third kappa shape index (κ3) is 6.99. The summed E-state index contributed by atoms with van der Waals surface area (Å²) in [5, 5.41) is 19.9. The van der Waals surface area contributed by atoms with Gasteiger partial charge >= 0.3 is 12.1 Å². The van der Waals surface area contributed by atoms with Gasteiger partial charge in [0.1, 0.15) is 11.6 Å². The normalized spacial score (nSPS) is 16.3. The van der Waals surface area contributed by atoms with Gasteiger partial charge in [-0.05, 0) is 31.2 Å². The number of hydrogen-bond donors (Lipinski definition) is 3. The molecule has 1 aromatic heterocycles. The van der Waals surface area contributed by atoms with Crippen LogP contribution in [0.3, 0.4) is 0 Å². The van der Waals surface area contributed by atoms with Crippen molar-refractivity contribution in [3.05, 3.63) is 57.0 Å². The fourth-order valence-corrected chi connectivity index (χ4v) is 3.10. The maximum atomic E-state index is 13.4. The lowest BCUT2D eigenvalue weighted by Crippen LogP contribution is -2.41. The summed E-state index contributed by atoms with van der Waals surface area (Å²) in [6, 6.07) is 4.19. The summed E-state index contributed by atoms with van der Waals surface area (Å²) < 4.78 is 51.8. The van der Waals surface area contributed by atoms with Gasteiger partial charge in [0.2, 0.25) is 5.75 Å². The second kappa shape index (κ2) is 11.3. The number of carboxylic acids is 1. The van der Waals surface area contributed by atoms with Gasteiger partial charge in [-0.15, -0.1) is 0 Å². The molecule has 1 aliphatic rings. The summed E-state index contributed by atoms with van der Waals surface area (Å²) >= 11 is 0. The first-order valence-electron chi connectivity index (χ1n) is 10.1. The number of ether oxygens (including phenoxy) is 1. The van der Waals surface area contributed by atoms with Gasteiger partial charge in [0.15, 0.2) is 5.69 Å². The Morgan fingerprint density at radius 3 is 2.46 bits per heavy atom. The number of rotatable bonds is 4. The molecule has 0 saturated carbocycles. The minimum atomic E-state index is -5.08. The number of nitrogens with one attached hydrogen (secondary N) is 1. The van der Waals surface area contributed by atoms with Gasteiger partial charge in [0, 0.05) is 20.1 Å². The zero-order chi connectivity index (χ0) is 26.5. The van der Waals surface area contributed by atoms with Gasteiger partial charge < -0.3 is 20.3 Å². The van der Waals surface area contributed by atoms with Crippen LogP contribution >= 0.6 is 0 Å². The summed E-state index contributed by atoms with van der Waals surface area (Å²) in [6.07, 6.45) is -5.08. The highest BCUT2D eigenvalue weighted by atomic mass is 19.4. The van der Waals surface area contributed by atoms with Gasteiger partial charge in [-0.3, -0.25) is 19.1 Å². The Hall–Kier alpha value is -3.52. The smallest absolute Gasteiger partial charge is 0.490 e. The van der Waals surface area contributed by atoms with Crippen LogP contribution in [0.4, 0.5) is 17.6 Å². The van der Waals surface area contributed by atoms with Crippen LogP contribution in [0.2, 0.25) is 0 Å².